The fourth-order valence-electron chi connectivity index (χ4n) is 2.28. The van der Waals surface area contributed by atoms with Gasteiger partial charge in [0.05, 0.1) is 11.1 Å². The van der Waals surface area contributed by atoms with E-state index >= 15 is 0 Å². The molecular formula is C13H17N3O3. The number of anilines is 1. The first-order valence-electron chi connectivity index (χ1n) is 6.32. The maximum absolute atomic E-state index is 11.2. The first-order valence-corrected chi connectivity index (χ1v) is 6.32. The molecule has 0 amide bonds. The molecule has 0 N–H and O–H groups in total. The van der Waals surface area contributed by atoms with Gasteiger partial charge < -0.3 is 9.74 Å². The van der Waals surface area contributed by atoms with Crippen LogP contribution in [0.25, 0.3) is 0 Å². The fourth-order valence-corrected chi connectivity index (χ4v) is 2.28. The number of benzene rings is 1. The fraction of sp³-hybridized carbons (Fsp3) is 0.462. The molecule has 1 fully saturated rings. The number of oxime groups is 1. The molecule has 1 aliphatic rings. The van der Waals surface area contributed by atoms with Crippen LogP contribution in [-0.4, -0.2) is 31.3 Å². The monoisotopic (exact) mass is 263 g/mol. The highest BCUT2D eigenvalue weighted by molar-refractivity contribution is 5.82. The number of nitro benzene ring substituents is 1. The molecule has 0 saturated carbocycles. The van der Waals surface area contributed by atoms with E-state index < -0.39 is 0 Å². The number of hydrogen-bond donors (Lipinski definition) is 0. The predicted molar refractivity (Wildman–Crippen MR) is 73.8 cm³/mol. The lowest BCUT2D eigenvalue weighted by Gasteiger charge is -2.28. The number of hydrogen-bond acceptors (Lipinski definition) is 5. The van der Waals surface area contributed by atoms with Crippen LogP contribution >= 0.6 is 0 Å². The molecule has 1 aromatic carbocycles. The molecule has 19 heavy (non-hydrogen) atoms. The molecule has 0 aliphatic carbocycles. The standard InChI is InChI=1S/C13H17N3O3/c1-19-14-10-11-5-6-12(13(9-11)16(17)18)15-7-3-2-4-8-15/h5-6,9-10H,2-4,7-8H2,1H3/b14-10-. The van der Waals surface area contributed by atoms with Gasteiger partial charge in [-0.05, 0) is 25.3 Å². The van der Waals surface area contributed by atoms with Gasteiger partial charge in [-0.1, -0.05) is 11.2 Å². The van der Waals surface area contributed by atoms with Gasteiger partial charge in [0.1, 0.15) is 12.8 Å². The van der Waals surface area contributed by atoms with E-state index in [-0.39, 0.29) is 10.6 Å². The molecule has 0 bridgehead atoms. The molecule has 1 aliphatic heterocycles. The van der Waals surface area contributed by atoms with Crippen molar-refractivity contribution >= 4 is 17.6 Å². The minimum atomic E-state index is -0.339. The van der Waals surface area contributed by atoms with Crippen LogP contribution in [0.1, 0.15) is 24.8 Å². The maximum atomic E-state index is 11.2. The normalized spacial score (nSPS) is 15.7. The van der Waals surface area contributed by atoms with Gasteiger partial charge in [0.2, 0.25) is 0 Å². The van der Waals surface area contributed by atoms with Crippen LogP contribution in [-0.2, 0) is 4.84 Å². The third kappa shape index (κ3) is 3.21. The minimum absolute atomic E-state index is 0.127. The largest absolute Gasteiger partial charge is 0.399 e. The molecule has 6 nitrogen and oxygen atoms in total. The number of rotatable bonds is 4. The van der Waals surface area contributed by atoms with E-state index in [2.05, 4.69) is 14.9 Å². The zero-order valence-electron chi connectivity index (χ0n) is 10.9. The van der Waals surface area contributed by atoms with E-state index in [9.17, 15) is 10.1 Å². The van der Waals surface area contributed by atoms with E-state index in [0.29, 0.717) is 11.3 Å². The van der Waals surface area contributed by atoms with Gasteiger partial charge in [-0.2, -0.15) is 0 Å². The summed E-state index contributed by atoms with van der Waals surface area (Å²) in [6, 6.07) is 5.15. The summed E-state index contributed by atoms with van der Waals surface area (Å²) in [5.74, 6) is 0. The van der Waals surface area contributed by atoms with Gasteiger partial charge in [-0.3, -0.25) is 10.1 Å². The van der Waals surface area contributed by atoms with E-state index in [4.69, 9.17) is 0 Å². The smallest absolute Gasteiger partial charge is 0.293 e. The second-order valence-electron chi connectivity index (χ2n) is 4.47. The predicted octanol–water partition coefficient (Wildman–Crippen LogP) is 2.57. The van der Waals surface area contributed by atoms with Gasteiger partial charge in [0.15, 0.2) is 0 Å². The van der Waals surface area contributed by atoms with Gasteiger partial charge >= 0.3 is 0 Å². The van der Waals surface area contributed by atoms with Crippen LogP contribution in [0.3, 0.4) is 0 Å². The minimum Gasteiger partial charge on any atom is -0.399 e. The average Bonchev–Trinajstić information content (AvgIpc) is 2.45. The second-order valence-corrected chi connectivity index (χ2v) is 4.47. The van der Waals surface area contributed by atoms with Crippen LogP contribution in [0, 0.1) is 10.1 Å². The van der Waals surface area contributed by atoms with Gasteiger partial charge in [-0.15, -0.1) is 0 Å². The van der Waals surface area contributed by atoms with Crippen molar-refractivity contribution in [3.8, 4) is 0 Å². The molecule has 0 spiro atoms. The summed E-state index contributed by atoms with van der Waals surface area (Å²) in [4.78, 5) is 17.5. The average molecular weight is 263 g/mol. The molecule has 1 heterocycles. The van der Waals surface area contributed by atoms with Gasteiger partial charge in [-0.25, -0.2) is 0 Å². The molecular weight excluding hydrogens is 246 g/mol. The molecule has 1 saturated heterocycles. The van der Waals surface area contributed by atoms with Crippen molar-refractivity contribution in [2.24, 2.45) is 5.16 Å². The number of nitro groups is 1. The Hall–Kier alpha value is -2.11. The van der Waals surface area contributed by atoms with Crippen molar-refractivity contribution in [1.29, 1.82) is 0 Å². The summed E-state index contributed by atoms with van der Waals surface area (Å²) in [7, 11) is 1.44. The Morgan fingerprint density at radius 3 is 2.74 bits per heavy atom. The Kier molecular flexibility index (Phi) is 4.33. The van der Waals surface area contributed by atoms with Crippen LogP contribution in [0.2, 0.25) is 0 Å². The molecule has 0 atom stereocenters. The second kappa shape index (κ2) is 6.17. The highest BCUT2D eigenvalue weighted by Gasteiger charge is 2.21. The van der Waals surface area contributed by atoms with Crippen LogP contribution in [0.4, 0.5) is 11.4 Å². The molecule has 0 aromatic heterocycles. The summed E-state index contributed by atoms with van der Waals surface area (Å²) in [5, 5.41) is 14.8. The third-order valence-corrected chi connectivity index (χ3v) is 3.20. The Balaban J connectivity index is 2.31. The zero-order valence-corrected chi connectivity index (χ0v) is 10.9. The van der Waals surface area contributed by atoms with Crippen molar-refractivity contribution in [2.75, 3.05) is 25.1 Å². The van der Waals surface area contributed by atoms with E-state index in [1.165, 1.54) is 25.8 Å². The topological polar surface area (TPSA) is 68.0 Å². The van der Waals surface area contributed by atoms with Gasteiger partial charge in [0, 0.05) is 24.7 Å². The number of nitrogens with zero attached hydrogens (tertiary/aromatic N) is 3. The molecule has 2 rings (SSSR count). The molecule has 1 aromatic rings. The van der Waals surface area contributed by atoms with Crippen molar-refractivity contribution in [2.45, 2.75) is 19.3 Å². The van der Waals surface area contributed by atoms with Crippen molar-refractivity contribution in [1.82, 2.24) is 0 Å². The van der Waals surface area contributed by atoms with Crippen LogP contribution in [0.15, 0.2) is 23.4 Å². The third-order valence-electron chi connectivity index (χ3n) is 3.20. The summed E-state index contributed by atoms with van der Waals surface area (Å²) < 4.78 is 0. The van der Waals surface area contributed by atoms with Crippen molar-refractivity contribution < 1.29 is 9.76 Å². The number of piperidine rings is 1. The summed E-state index contributed by atoms with van der Waals surface area (Å²) in [6.45, 7) is 1.76. The Labute approximate surface area is 111 Å². The summed E-state index contributed by atoms with van der Waals surface area (Å²) in [5.41, 5.74) is 1.48. The van der Waals surface area contributed by atoms with Crippen LogP contribution < -0.4 is 4.90 Å². The molecule has 6 heteroatoms. The summed E-state index contributed by atoms with van der Waals surface area (Å²) in [6.07, 6.45) is 4.84. The first kappa shape index (κ1) is 13.3. The SMILES string of the molecule is CO/N=C\c1ccc(N2CCCCC2)c([N+](=O)[O-])c1. The Morgan fingerprint density at radius 1 is 1.37 bits per heavy atom. The quantitative estimate of drug-likeness (QED) is 0.475. The highest BCUT2D eigenvalue weighted by atomic mass is 16.6. The lowest BCUT2D eigenvalue weighted by Crippen LogP contribution is -2.29. The summed E-state index contributed by atoms with van der Waals surface area (Å²) >= 11 is 0. The molecule has 102 valence electrons. The van der Waals surface area contributed by atoms with Crippen molar-refractivity contribution in [3.63, 3.8) is 0 Å². The Morgan fingerprint density at radius 2 is 2.11 bits per heavy atom. The molecule has 0 unspecified atom stereocenters. The van der Waals surface area contributed by atoms with E-state index in [1.807, 2.05) is 6.07 Å². The molecule has 0 radical (unpaired) electrons. The van der Waals surface area contributed by atoms with Crippen molar-refractivity contribution in [3.05, 3.63) is 33.9 Å². The first-order chi connectivity index (χ1) is 9.22. The zero-order chi connectivity index (χ0) is 13.7. The van der Waals surface area contributed by atoms with E-state index in [1.54, 1.807) is 6.07 Å². The lowest BCUT2D eigenvalue weighted by atomic mass is 10.1. The van der Waals surface area contributed by atoms with Gasteiger partial charge in [0.25, 0.3) is 5.69 Å². The van der Waals surface area contributed by atoms with Crippen LogP contribution in [0.5, 0.6) is 0 Å². The Bertz CT molecular complexity index is 482. The highest BCUT2D eigenvalue weighted by Crippen LogP contribution is 2.30. The lowest BCUT2D eigenvalue weighted by molar-refractivity contribution is -0.384. The van der Waals surface area contributed by atoms with E-state index in [0.717, 1.165) is 25.9 Å². The maximum Gasteiger partial charge on any atom is 0.293 e.